The molecule has 0 radical (unpaired) electrons. The summed E-state index contributed by atoms with van der Waals surface area (Å²) in [5, 5.41) is 0. The van der Waals surface area contributed by atoms with Gasteiger partial charge in [-0.25, -0.2) is 0 Å². The number of rotatable bonds is 47. The Morgan fingerprint density at radius 2 is 0.483 bits per heavy atom. The van der Waals surface area contributed by atoms with E-state index in [9.17, 15) is 14.4 Å². The molecule has 0 bridgehead atoms. The highest BCUT2D eigenvalue weighted by Crippen LogP contribution is 2.18. The molecule has 6 heteroatoms. The number of ether oxygens (including phenoxy) is 3. The molecule has 0 spiro atoms. The van der Waals surface area contributed by atoms with Crippen LogP contribution in [-0.2, 0) is 28.6 Å². The van der Waals surface area contributed by atoms with Crippen LogP contribution in [0.5, 0.6) is 0 Å². The van der Waals surface area contributed by atoms with Gasteiger partial charge in [0.2, 0.25) is 0 Å². The van der Waals surface area contributed by atoms with Crippen molar-refractivity contribution in [2.24, 2.45) is 17.8 Å². The number of hydrogen-bond acceptors (Lipinski definition) is 6. The van der Waals surface area contributed by atoms with Crippen molar-refractivity contribution >= 4 is 17.9 Å². The summed E-state index contributed by atoms with van der Waals surface area (Å²) in [7, 11) is 0. The summed E-state index contributed by atoms with van der Waals surface area (Å²) >= 11 is 0. The molecule has 0 saturated heterocycles. The molecule has 0 aliphatic rings. The molecule has 0 saturated carbocycles. The van der Waals surface area contributed by atoms with E-state index < -0.39 is 6.10 Å². The normalized spacial score (nSPS) is 12.2. The molecule has 60 heavy (non-hydrogen) atoms. The number of hydrogen-bond donors (Lipinski definition) is 0. The third kappa shape index (κ3) is 47.5. The smallest absolute Gasteiger partial charge is 0.306 e. The van der Waals surface area contributed by atoms with Crippen molar-refractivity contribution in [2.45, 2.75) is 298 Å². The van der Waals surface area contributed by atoms with Gasteiger partial charge in [-0.05, 0) is 37.0 Å². The van der Waals surface area contributed by atoms with Gasteiger partial charge in [-0.2, -0.15) is 0 Å². The Morgan fingerprint density at radius 3 is 0.717 bits per heavy atom. The van der Waals surface area contributed by atoms with Crippen molar-refractivity contribution < 1.29 is 28.6 Å². The largest absolute Gasteiger partial charge is 0.462 e. The Balaban J connectivity index is 4.24. The van der Waals surface area contributed by atoms with Crippen LogP contribution in [0.15, 0.2) is 0 Å². The molecule has 0 rings (SSSR count). The number of carbonyl (C=O) groups is 3. The van der Waals surface area contributed by atoms with Crippen LogP contribution in [0.3, 0.4) is 0 Å². The average Bonchev–Trinajstić information content (AvgIpc) is 3.20. The first kappa shape index (κ1) is 58.4. The van der Waals surface area contributed by atoms with Crippen LogP contribution in [0.4, 0.5) is 0 Å². The molecule has 0 amide bonds. The van der Waals surface area contributed by atoms with Gasteiger partial charge in [0, 0.05) is 19.3 Å². The van der Waals surface area contributed by atoms with Crippen molar-refractivity contribution in [3.63, 3.8) is 0 Å². The van der Waals surface area contributed by atoms with E-state index in [0.717, 1.165) is 75.5 Å². The van der Waals surface area contributed by atoms with Crippen LogP contribution in [0.1, 0.15) is 292 Å². The predicted molar refractivity (Wildman–Crippen MR) is 256 cm³/mol. The van der Waals surface area contributed by atoms with Crippen LogP contribution in [0.2, 0.25) is 0 Å². The minimum Gasteiger partial charge on any atom is -0.462 e. The monoisotopic (exact) mass is 849 g/mol. The van der Waals surface area contributed by atoms with Crippen LogP contribution in [-0.4, -0.2) is 37.2 Å². The summed E-state index contributed by atoms with van der Waals surface area (Å²) in [6.45, 7) is 13.7. The second-order valence-corrected chi connectivity index (χ2v) is 19.9. The molecular formula is C54H104O6. The Kier molecular flexibility index (Phi) is 44.2. The summed E-state index contributed by atoms with van der Waals surface area (Å²) in [6, 6.07) is 0. The second kappa shape index (κ2) is 45.4. The molecule has 0 aliphatic heterocycles. The lowest BCUT2D eigenvalue weighted by atomic mass is 10.0. The van der Waals surface area contributed by atoms with Crippen molar-refractivity contribution in [2.75, 3.05) is 13.2 Å². The van der Waals surface area contributed by atoms with E-state index in [-0.39, 0.29) is 31.1 Å². The lowest BCUT2D eigenvalue weighted by Gasteiger charge is -2.18. The van der Waals surface area contributed by atoms with Crippen LogP contribution in [0.25, 0.3) is 0 Å². The van der Waals surface area contributed by atoms with Gasteiger partial charge >= 0.3 is 17.9 Å². The number of carbonyl (C=O) groups excluding carboxylic acids is 3. The SMILES string of the molecule is CC(C)CCCCCCCCCCCCCCCCCCC(=O)O[C@@H](COC(=O)CCCCCCCCCCCCCC(C)C)COC(=O)CCCCCCCCC(C)C. The van der Waals surface area contributed by atoms with E-state index in [1.165, 1.54) is 173 Å². The zero-order chi connectivity index (χ0) is 44.2. The number of esters is 3. The number of unbranched alkanes of at least 4 members (excludes halogenated alkanes) is 30. The Hall–Kier alpha value is -1.59. The first-order valence-corrected chi connectivity index (χ1v) is 26.6. The first-order chi connectivity index (χ1) is 29.1. The van der Waals surface area contributed by atoms with Crippen LogP contribution < -0.4 is 0 Å². The molecule has 0 N–H and O–H groups in total. The molecule has 0 aromatic carbocycles. The third-order valence-corrected chi connectivity index (χ3v) is 12.1. The molecule has 6 nitrogen and oxygen atoms in total. The second-order valence-electron chi connectivity index (χ2n) is 19.9. The first-order valence-electron chi connectivity index (χ1n) is 26.6. The van der Waals surface area contributed by atoms with E-state index in [2.05, 4.69) is 41.5 Å². The fourth-order valence-corrected chi connectivity index (χ4v) is 8.12. The van der Waals surface area contributed by atoms with Gasteiger partial charge in [0.1, 0.15) is 13.2 Å². The van der Waals surface area contributed by atoms with E-state index in [0.29, 0.717) is 19.3 Å². The van der Waals surface area contributed by atoms with E-state index >= 15 is 0 Å². The summed E-state index contributed by atoms with van der Waals surface area (Å²) in [4.78, 5) is 37.9. The van der Waals surface area contributed by atoms with E-state index in [1.54, 1.807) is 0 Å². The molecule has 0 fully saturated rings. The van der Waals surface area contributed by atoms with Gasteiger partial charge in [-0.3, -0.25) is 14.4 Å². The summed E-state index contributed by atoms with van der Waals surface area (Å²) in [5.41, 5.74) is 0. The summed E-state index contributed by atoms with van der Waals surface area (Å²) in [5.74, 6) is 1.59. The minimum absolute atomic E-state index is 0.0652. The molecule has 1 atom stereocenters. The molecule has 0 heterocycles. The Morgan fingerprint density at radius 1 is 0.283 bits per heavy atom. The van der Waals surface area contributed by atoms with Gasteiger partial charge in [0.25, 0.3) is 0 Å². The standard InChI is InChI=1S/C54H104O6/c1-48(2)40-34-28-22-18-14-11-9-7-8-10-12-16-21-25-33-39-45-54(57)60-51(47-59-53(56)44-38-32-27-26-30-36-42-50(5)6)46-58-52(55)43-37-31-24-20-17-13-15-19-23-29-35-41-49(3)4/h48-51H,7-47H2,1-6H3/t51-/m0/s1. The summed E-state index contributed by atoms with van der Waals surface area (Å²) < 4.78 is 16.8. The third-order valence-electron chi connectivity index (χ3n) is 12.1. The van der Waals surface area contributed by atoms with E-state index in [1.807, 2.05) is 0 Å². The van der Waals surface area contributed by atoms with Crippen LogP contribution in [0, 0.1) is 17.8 Å². The highest BCUT2D eigenvalue weighted by molar-refractivity contribution is 5.71. The fourth-order valence-electron chi connectivity index (χ4n) is 8.12. The van der Waals surface area contributed by atoms with Crippen LogP contribution >= 0.6 is 0 Å². The van der Waals surface area contributed by atoms with Gasteiger partial charge < -0.3 is 14.2 Å². The minimum atomic E-state index is -0.763. The highest BCUT2D eigenvalue weighted by Gasteiger charge is 2.19. The molecule has 0 aromatic heterocycles. The Labute approximate surface area is 374 Å². The lowest BCUT2D eigenvalue weighted by Crippen LogP contribution is -2.30. The topological polar surface area (TPSA) is 78.9 Å². The fraction of sp³-hybridized carbons (Fsp3) is 0.944. The average molecular weight is 849 g/mol. The Bertz CT molecular complexity index is 929. The van der Waals surface area contributed by atoms with Gasteiger partial charge in [-0.15, -0.1) is 0 Å². The van der Waals surface area contributed by atoms with Crippen molar-refractivity contribution in [1.29, 1.82) is 0 Å². The van der Waals surface area contributed by atoms with Crippen molar-refractivity contribution in [1.82, 2.24) is 0 Å². The molecule has 0 aromatic rings. The van der Waals surface area contributed by atoms with Gasteiger partial charge in [0.15, 0.2) is 6.10 Å². The van der Waals surface area contributed by atoms with E-state index in [4.69, 9.17) is 14.2 Å². The molecule has 0 unspecified atom stereocenters. The maximum atomic E-state index is 12.8. The molecular weight excluding hydrogens is 745 g/mol. The molecule has 0 aliphatic carbocycles. The van der Waals surface area contributed by atoms with Gasteiger partial charge in [-0.1, -0.05) is 253 Å². The predicted octanol–water partition coefficient (Wildman–Crippen LogP) is 17.2. The lowest BCUT2D eigenvalue weighted by molar-refractivity contribution is -0.167. The van der Waals surface area contributed by atoms with Gasteiger partial charge in [0.05, 0.1) is 0 Å². The van der Waals surface area contributed by atoms with Crippen molar-refractivity contribution in [3.05, 3.63) is 0 Å². The maximum absolute atomic E-state index is 12.8. The zero-order valence-electron chi connectivity index (χ0n) is 41.3. The maximum Gasteiger partial charge on any atom is 0.306 e. The zero-order valence-corrected chi connectivity index (χ0v) is 41.3. The molecule has 356 valence electrons. The quantitative estimate of drug-likeness (QED) is 0.0345. The van der Waals surface area contributed by atoms with Crippen molar-refractivity contribution in [3.8, 4) is 0 Å². The summed E-state index contributed by atoms with van der Waals surface area (Å²) in [6.07, 6.45) is 45.4. The highest BCUT2D eigenvalue weighted by atomic mass is 16.6.